The van der Waals surface area contributed by atoms with E-state index in [9.17, 15) is 9.59 Å². The zero-order valence-corrected chi connectivity index (χ0v) is 15.5. The van der Waals surface area contributed by atoms with Crippen LogP contribution in [0.1, 0.15) is 23.8 Å². The summed E-state index contributed by atoms with van der Waals surface area (Å²) in [5, 5.41) is 14.6. The molecule has 4 heterocycles. The molecule has 2 aliphatic heterocycles. The first-order valence-electron chi connectivity index (χ1n) is 9.26. The maximum atomic E-state index is 13.0. The Morgan fingerprint density at radius 3 is 2.93 bits per heavy atom. The van der Waals surface area contributed by atoms with E-state index in [2.05, 4.69) is 25.5 Å². The number of urea groups is 1. The van der Waals surface area contributed by atoms with Gasteiger partial charge in [0.15, 0.2) is 5.82 Å². The molecule has 1 unspecified atom stereocenters. The van der Waals surface area contributed by atoms with E-state index < -0.39 is 0 Å². The average molecular weight is 382 g/mol. The van der Waals surface area contributed by atoms with E-state index in [1.54, 1.807) is 42.3 Å². The van der Waals surface area contributed by atoms with Gasteiger partial charge < -0.3 is 15.3 Å². The minimum Gasteiger partial charge on any atom is -0.394 e. The molecule has 1 saturated heterocycles. The Labute approximate surface area is 162 Å². The van der Waals surface area contributed by atoms with Crippen molar-refractivity contribution in [2.45, 2.75) is 25.4 Å². The first-order chi connectivity index (χ1) is 13.6. The lowest BCUT2D eigenvalue weighted by Gasteiger charge is -2.35. The van der Waals surface area contributed by atoms with Gasteiger partial charge in [0.2, 0.25) is 0 Å². The molecule has 0 aliphatic carbocycles. The molecule has 28 heavy (non-hydrogen) atoms. The number of nitrogens with one attached hydrogen (secondary N) is 2. The van der Waals surface area contributed by atoms with Crippen molar-refractivity contribution < 1.29 is 14.7 Å². The molecule has 0 spiro atoms. The molecule has 0 saturated carbocycles. The minimum atomic E-state index is -0.387. The molecule has 4 rings (SSSR count). The molecule has 2 aliphatic rings. The van der Waals surface area contributed by atoms with Crippen LogP contribution in [0.5, 0.6) is 0 Å². The number of carbonyl (C=O) groups is 2. The van der Waals surface area contributed by atoms with Gasteiger partial charge in [-0.25, -0.2) is 14.8 Å². The largest absolute Gasteiger partial charge is 0.394 e. The van der Waals surface area contributed by atoms with Crippen molar-refractivity contribution >= 4 is 29.3 Å². The summed E-state index contributed by atoms with van der Waals surface area (Å²) in [6.07, 6.45) is 2.44. The molecule has 2 aromatic heterocycles. The topological polar surface area (TPSA) is 111 Å². The summed E-state index contributed by atoms with van der Waals surface area (Å²) in [5.41, 5.74) is 1.04. The highest BCUT2D eigenvalue weighted by atomic mass is 16.3. The number of nitrogens with zero attached hydrogens (tertiary/aromatic N) is 4. The fourth-order valence-electron chi connectivity index (χ4n) is 3.55. The van der Waals surface area contributed by atoms with Crippen molar-refractivity contribution in [2.24, 2.45) is 0 Å². The highest BCUT2D eigenvalue weighted by Crippen LogP contribution is 2.39. The van der Waals surface area contributed by atoms with Crippen LogP contribution in [0.3, 0.4) is 0 Å². The summed E-state index contributed by atoms with van der Waals surface area (Å²) in [5.74, 6) is 0.536. The van der Waals surface area contributed by atoms with E-state index in [1.165, 1.54) is 0 Å². The van der Waals surface area contributed by atoms with Crippen LogP contribution in [-0.4, -0.2) is 58.8 Å². The number of rotatable bonds is 4. The van der Waals surface area contributed by atoms with E-state index in [-0.39, 0.29) is 36.3 Å². The van der Waals surface area contributed by atoms with Crippen LogP contribution in [0.4, 0.5) is 22.1 Å². The van der Waals surface area contributed by atoms with E-state index >= 15 is 0 Å². The smallest absolute Gasteiger partial charge is 0.329 e. The molecule has 3 N–H and O–H groups in total. The summed E-state index contributed by atoms with van der Waals surface area (Å²) in [6, 6.07) is 8.05. The van der Waals surface area contributed by atoms with Crippen LogP contribution in [0.25, 0.3) is 0 Å². The van der Waals surface area contributed by atoms with Gasteiger partial charge in [0.25, 0.3) is 5.91 Å². The first kappa shape index (κ1) is 18.2. The summed E-state index contributed by atoms with van der Waals surface area (Å²) in [4.78, 5) is 37.9. The molecule has 2 bridgehead atoms. The number of hydrogen-bond acceptors (Lipinski definition) is 6. The second kappa shape index (κ2) is 7.43. The molecule has 1 fully saturated rings. The van der Waals surface area contributed by atoms with Gasteiger partial charge in [-0.3, -0.25) is 15.0 Å². The maximum absolute atomic E-state index is 13.0. The van der Waals surface area contributed by atoms with E-state index in [4.69, 9.17) is 5.11 Å². The third-order valence-electron chi connectivity index (χ3n) is 4.95. The third-order valence-corrected chi connectivity index (χ3v) is 4.95. The fraction of sp³-hybridized carbons (Fsp3) is 0.368. The molecule has 3 amide bonds. The summed E-state index contributed by atoms with van der Waals surface area (Å²) < 4.78 is 0. The van der Waals surface area contributed by atoms with Crippen molar-refractivity contribution in [1.29, 1.82) is 0 Å². The number of aliphatic hydroxyl groups excluding tert-OH is 1. The predicted octanol–water partition coefficient (Wildman–Crippen LogP) is 1.22. The molecule has 0 aromatic carbocycles. The van der Waals surface area contributed by atoms with E-state index in [1.807, 2.05) is 6.07 Å². The van der Waals surface area contributed by atoms with Gasteiger partial charge in [0.1, 0.15) is 11.5 Å². The number of anilines is 3. The number of hydrogen-bond donors (Lipinski definition) is 3. The Bertz CT molecular complexity index is 890. The number of aliphatic hydroxyl groups is 1. The molecule has 0 radical (unpaired) electrons. The van der Waals surface area contributed by atoms with Crippen LogP contribution in [-0.2, 0) is 0 Å². The van der Waals surface area contributed by atoms with Crippen LogP contribution in [0.15, 0.2) is 36.5 Å². The highest BCUT2D eigenvalue weighted by molar-refractivity contribution is 6.05. The quantitative estimate of drug-likeness (QED) is 0.733. The molecule has 9 heteroatoms. The third kappa shape index (κ3) is 3.36. The lowest BCUT2D eigenvalue weighted by Crippen LogP contribution is -2.48. The van der Waals surface area contributed by atoms with Gasteiger partial charge in [-0.15, -0.1) is 0 Å². The van der Waals surface area contributed by atoms with Crippen molar-refractivity contribution in [3.8, 4) is 0 Å². The molecule has 2 aromatic rings. The average Bonchev–Trinajstić information content (AvgIpc) is 3.12. The Balaban J connectivity index is 1.65. The number of amides is 3. The normalized spacial score (nSPS) is 18.4. The molecule has 2 atom stereocenters. The van der Waals surface area contributed by atoms with Gasteiger partial charge in [0.05, 0.1) is 18.3 Å². The van der Waals surface area contributed by atoms with Crippen LogP contribution >= 0.6 is 0 Å². The van der Waals surface area contributed by atoms with Crippen molar-refractivity contribution in [3.63, 3.8) is 0 Å². The Morgan fingerprint density at radius 1 is 1.32 bits per heavy atom. The van der Waals surface area contributed by atoms with Crippen molar-refractivity contribution in [1.82, 2.24) is 15.3 Å². The molecular formula is C19H22N6O3. The SMILES string of the molecule is C[C@@H](CO)NC(=O)c1ccc2c(n1)N(C(=O)Nc1ccccn1)C1CCN2C1. The predicted molar refractivity (Wildman–Crippen MR) is 105 cm³/mol. The lowest BCUT2D eigenvalue weighted by molar-refractivity contribution is 0.0917. The van der Waals surface area contributed by atoms with E-state index in [0.717, 1.165) is 25.2 Å². The minimum absolute atomic E-state index is 0.0154. The standard InChI is InChI=1S/C19H22N6O3/c1-12(11-26)21-18(27)14-5-6-15-17(22-14)25(13-7-9-24(15)10-13)19(28)23-16-4-2-3-8-20-16/h2-6,8,12-13,26H,7,9-11H2,1H3,(H,21,27)(H,20,23,28)/t12-,13?/m0/s1. The second-order valence-electron chi connectivity index (χ2n) is 7.00. The number of carbonyl (C=O) groups excluding carboxylic acids is 2. The van der Waals surface area contributed by atoms with Gasteiger partial charge in [-0.2, -0.15) is 0 Å². The zero-order chi connectivity index (χ0) is 19.7. The zero-order valence-electron chi connectivity index (χ0n) is 15.5. The highest BCUT2D eigenvalue weighted by Gasteiger charge is 2.40. The van der Waals surface area contributed by atoms with Crippen molar-refractivity contribution in [2.75, 3.05) is 34.8 Å². The number of pyridine rings is 2. The summed E-state index contributed by atoms with van der Waals surface area (Å²) in [6.45, 7) is 3.11. The lowest BCUT2D eigenvalue weighted by atomic mass is 10.1. The Morgan fingerprint density at radius 2 is 2.18 bits per heavy atom. The summed E-state index contributed by atoms with van der Waals surface area (Å²) >= 11 is 0. The first-order valence-corrected chi connectivity index (χ1v) is 9.26. The number of aromatic nitrogens is 2. The molecular weight excluding hydrogens is 360 g/mol. The second-order valence-corrected chi connectivity index (χ2v) is 7.00. The van der Waals surface area contributed by atoms with Gasteiger partial charge >= 0.3 is 6.03 Å². The van der Waals surface area contributed by atoms with Crippen LogP contribution in [0.2, 0.25) is 0 Å². The monoisotopic (exact) mass is 382 g/mol. The fourth-order valence-corrected chi connectivity index (χ4v) is 3.55. The van der Waals surface area contributed by atoms with Gasteiger partial charge in [-0.05, 0) is 37.6 Å². The van der Waals surface area contributed by atoms with Crippen LogP contribution < -0.4 is 20.4 Å². The Hall–Kier alpha value is -3.20. The van der Waals surface area contributed by atoms with E-state index in [0.29, 0.717) is 11.6 Å². The number of fused-ring (bicyclic) bond motifs is 4. The van der Waals surface area contributed by atoms with Crippen molar-refractivity contribution in [3.05, 3.63) is 42.2 Å². The summed E-state index contributed by atoms with van der Waals surface area (Å²) in [7, 11) is 0. The van der Waals surface area contributed by atoms with Gasteiger partial charge in [-0.1, -0.05) is 6.07 Å². The molecule has 146 valence electrons. The molecule has 9 nitrogen and oxygen atoms in total. The van der Waals surface area contributed by atoms with Crippen LogP contribution in [0, 0.1) is 0 Å². The Kier molecular flexibility index (Phi) is 4.82. The maximum Gasteiger partial charge on any atom is 0.329 e. The van der Waals surface area contributed by atoms with Gasteiger partial charge in [0, 0.05) is 25.3 Å².